The van der Waals surface area contributed by atoms with Crippen LogP contribution in [0.4, 0.5) is 0 Å². The van der Waals surface area contributed by atoms with Gasteiger partial charge in [-0.15, -0.1) is 0 Å². The van der Waals surface area contributed by atoms with Gasteiger partial charge in [0, 0.05) is 23.1 Å². The minimum Gasteiger partial charge on any atom is -0.294 e. The van der Waals surface area contributed by atoms with Crippen LogP contribution >= 0.6 is 0 Å². The van der Waals surface area contributed by atoms with Crippen LogP contribution in [0.3, 0.4) is 0 Å². The van der Waals surface area contributed by atoms with Crippen molar-refractivity contribution in [1.82, 2.24) is 0 Å². The van der Waals surface area contributed by atoms with Gasteiger partial charge in [0.05, 0.1) is 6.04 Å². The van der Waals surface area contributed by atoms with E-state index < -0.39 is 0 Å². The topological polar surface area (TPSA) is 29.4 Å². The maximum atomic E-state index is 12.6. The molecule has 0 bridgehead atoms. The largest absolute Gasteiger partial charge is 0.294 e. The second-order valence-electron chi connectivity index (χ2n) is 7.54. The highest BCUT2D eigenvalue weighted by Crippen LogP contribution is 2.48. The van der Waals surface area contributed by atoms with Crippen molar-refractivity contribution >= 4 is 11.5 Å². The van der Waals surface area contributed by atoms with E-state index in [-0.39, 0.29) is 17.2 Å². The van der Waals surface area contributed by atoms with Crippen molar-refractivity contribution in [3.63, 3.8) is 0 Å². The highest BCUT2D eigenvalue weighted by Gasteiger charge is 2.44. The zero-order valence-electron chi connectivity index (χ0n) is 14.7. The zero-order chi connectivity index (χ0) is 17.1. The fourth-order valence-electron chi connectivity index (χ4n) is 4.63. The SMILES string of the molecule is O=C(CC1CC2(CCCCC2)C(c2ccccc2)=N1)c1ccccc1. The molecule has 1 spiro atoms. The zero-order valence-corrected chi connectivity index (χ0v) is 14.7. The third-order valence-corrected chi connectivity index (χ3v) is 5.82. The Morgan fingerprint density at radius 1 is 0.920 bits per heavy atom. The lowest BCUT2D eigenvalue weighted by atomic mass is 9.67. The summed E-state index contributed by atoms with van der Waals surface area (Å²) in [5.41, 5.74) is 3.52. The standard InChI is InChI=1S/C23H25NO/c25-21(18-10-4-1-5-11-18)16-20-17-23(14-8-3-9-15-23)22(24-20)19-12-6-2-7-13-19/h1-2,4-7,10-13,20H,3,8-9,14-17H2. The molecule has 2 aliphatic rings. The predicted octanol–water partition coefficient (Wildman–Crippen LogP) is 5.47. The lowest BCUT2D eigenvalue weighted by Gasteiger charge is -2.35. The minimum absolute atomic E-state index is 0.126. The summed E-state index contributed by atoms with van der Waals surface area (Å²) in [7, 11) is 0. The van der Waals surface area contributed by atoms with Crippen molar-refractivity contribution in [3.05, 3.63) is 71.8 Å². The molecule has 0 radical (unpaired) electrons. The molecule has 1 heterocycles. The maximum absolute atomic E-state index is 12.6. The molecule has 1 atom stereocenters. The summed E-state index contributed by atoms with van der Waals surface area (Å²) in [6.45, 7) is 0. The molecule has 2 aromatic rings. The first kappa shape index (κ1) is 16.3. The van der Waals surface area contributed by atoms with Gasteiger partial charge < -0.3 is 0 Å². The number of ketones is 1. The first-order valence-corrected chi connectivity index (χ1v) is 9.49. The van der Waals surface area contributed by atoms with Gasteiger partial charge in [0.25, 0.3) is 0 Å². The molecule has 0 N–H and O–H groups in total. The van der Waals surface area contributed by atoms with Crippen molar-refractivity contribution < 1.29 is 4.79 Å². The summed E-state index contributed by atoms with van der Waals surface area (Å²) >= 11 is 0. The van der Waals surface area contributed by atoms with Gasteiger partial charge in [0.15, 0.2) is 5.78 Å². The van der Waals surface area contributed by atoms with E-state index in [0.717, 1.165) is 12.0 Å². The Bertz CT molecular complexity index is 757. The van der Waals surface area contributed by atoms with Crippen LogP contribution in [0.15, 0.2) is 65.7 Å². The van der Waals surface area contributed by atoms with Gasteiger partial charge >= 0.3 is 0 Å². The summed E-state index contributed by atoms with van der Waals surface area (Å²) in [6.07, 6.45) is 7.90. The average Bonchev–Trinajstić information content (AvgIpc) is 3.01. The van der Waals surface area contributed by atoms with E-state index in [0.29, 0.717) is 6.42 Å². The second-order valence-corrected chi connectivity index (χ2v) is 7.54. The Morgan fingerprint density at radius 3 is 2.24 bits per heavy atom. The molecule has 25 heavy (non-hydrogen) atoms. The highest BCUT2D eigenvalue weighted by atomic mass is 16.1. The maximum Gasteiger partial charge on any atom is 0.165 e. The van der Waals surface area contributed by atoms with E-state index in [2.05, 4.69) is 30.3 Å². The van der Waals surface area contributed by atoms with Crippen molar-refractivity contribution in [3.8, 4) is 0 Å². The number of benzene rings is 2. The number of carbonyl (C=O) groups excluding carboxylic acids is 1. The molecule has 2 aromatic carbocycles. The van der Waals surface area contributed by atoms with Gasteiger partial charge in [-0.2, -0.15) is 0 Å². The number of nitrogens with zero attached hydrogens (tertiary/aromatic N) is 1. The minimum atomic E-state index is 0.126. The van der Waals surface area contributed by atoms with Crippen LogP contribution in [0.1, 0.15) is 60.9 Å². The third kappa shape index (κ3) is 3.30. The van der Waals surface area contributed by atoms with Crippen LogP contribution in [0.5, 0.6) is 0 Å². The Morgan fingerprint density at radius 2 is 1.56 bits per heavy atom. The summed E-state index contributed by atoms with van der Waals surface area (Å²) in [5.74, 6) is 0.217. The van der Waals surface area contributed by atoms with Crippen LogP contribution in [-0.2, 0) is 0 Å². The molecule has 0 amide bonds. The van der Waals surface area contributed by atoms with Crippen LogP contribution in [0.25, 0.3) is 0 Å². The fraction of sp³-hybridized carbons (Fsp3) is 0.391. The normalized spacial score (nSPS) is 21.9. The van der Waals surface area contributed by atoms with Crippen molar-refractivity contribution in [2.75, 3.05) is 0 Å². The number of carbonyl (C=O) groups is 1. The third-order valence-electron chi connectivity index (χ3n) is 5.82. The van der Waals surface area contributed by atoms with Gasteiger partial charge in [0.1, 0.15) is 0 Å². The smallest absolute Gasteiger partial charge is 0.165 e. The first-order valence-electron chi connectivity index (χ1n) is 9.49. The lowest BCUT2D eigenvalue weighted by molar-refractivity contribution is 0.0970. The van der Waals surface area contributed by atoms with E-state index in [1.807, 2.05) is 30.3 Å². The Kier molecular flexibility index (Phi) is 4.52. The second kappa shape index (κ2) is 6.95. The van der Waals surface area contributed by atoms with Gasteiger partial charge in [-0.3, -0.25) is 9.79 Å². The van der Waals surface area contributed by atoms with Gasteiger partial charge in [-0.25, -0.2) is 0 Å². The Labute approximate surface area is 150 Å². The Hall–Kier alpha value is -2.22. The molecular weight excluding hydrogens is 306 g/mol. The first-order chi connectivity index (χ1) is 12.3. The van der Waals surface area contributed by atoms with Gasteiger partial charge in [-0.1, -0.05) is 79.9 Å². The number of Topliss-reactive ketones (excluding diaryl/α,β-unsaturated/α-hetero) is 1. The molecule has 2 heteroatoms. The summed E-state index contributed by atoms with van der Waals surface area (Å²) in [5, 5.41) is 0. The summed E-state index contributed by atoms with van der Waals surface area (Å²) in [4.78, 5) is 17.7. The molecule has 0 aromatic heterocycles. The van der Waals surface area contributed by atoms with E-state index in [4.69, 9.17) is 4.99 Å². The van der Waals surface area contributed by atoms with Crippen LogP contribution in [0.2, 0.25) is 0 Å². The van der Waals surface area contributed by atoms with Crippen molar-refractivity contribution in [2.24, 2.45) is 10.4 Å². The predicted molar refractivity (Wildman–Crippen MR) is 102 cm³/mol. The quantitative estimate of drug-likeness (QED) is 0.683. The summed E-state index contributed by atoms with van der Waals surface area (Å²) in [6, 6.07) is 20.4. The van der Waals surface area contributed by atoms with Crippen molar-refractivity contribution in [1.29, 1.82) is 0 Å². The molecular formula is C23H25NO. The monoisotopic (exact) mass is 331 g/mol. The van der Waals surface area contributed by atoms with Crippen LogP contribution < -0.4 is 0 Å². The Balaban J connectivity index is 1.60. The average molecular weight is 331 g/mol. The molecule has 0 saturated heterocycles. The number of hydrogen-bond donors (Lipinski definition) is 0. The molecule has 1 aliphatic carbocycles. The van der Waals surface area contributed by atoms with E-state index in [1.165, 1.54) is 43.4 Å². The van der Waals surface area contributed by atoms with Crippen molar-refractivity contribution in [2.45, 2.75) is 51.0 Å². The molecule has 1 unspecified atom stereocenters. The van der Waals surface area contributed by atoms with Crippen LogP contribution in [0, 0.1) is 5.41 Å². The molecule has 1 aliphatic heterocycles. The molecule has 1 fully saturated rings. The number of rotatable bonds is 4. The van der Waals surface area contributed by atoms with E-state index >= 15 is 0 Å². The van der Waals surface area contributed by atoms with Gasteiger partial charge in [0.2, 0.25) is 0 Å². The van der Waals surface area contributed by atoms with Gasteiger partial charge in [-0.05, 0) is 24.8 Å². The fourth-order valence-corrected chi connectivity index (χ4v) is 4.63. The number of hydrogen-bond acceptors (Lipinski definition) is 2. The molecule has 2 nitrogen and oxygen atoms in total. The van der Waals surface area contributed by atoms with Crippen LogP contribution in [-0.4, -0.2) is 17.5 Å². The molecule has 128 valence electrons. The summed E-state index contributed by atoms with van der Waals surface area (Å²) < 4.78 is 0. The van der Waals surface area contributed by atoms with E-state index in [9.17, 15) is 4.79 Å². The van der Waals surface area contributed by atoms with E-state index in [1.54, 1.807) is 0 Å². The highest BCUT2D eigenvalue weighted by molar-refractivity contribution is 6.06. The molecule has 4 rings (SSSR count). The molecule has 1 saturated carbocycles. The lowest BCUT2D eigenvalue weighted by Crippen LogP contribution is -2.31. The number of aliphatic imine (C=N–C) groups is 1.